The number of rotatable bonds is 5. The van der Waals surface area contributed by atoms with Gasteiger partial charge in [-0.2, -0.15) is 0 Å². The van der Waals surface area contributed by atoms with Gasteiger partial charge in [0.1, 0.15) is 11.2 Å². The number of para-hydroxylation sites is 2. The van der Waals surface area contributed by atoms with Gasteiger partial charge in [-0.15, -0.1) is 11.3 Å². The normalized spacial score (nSPS) is 13.1. The van der Waals surface area contributed by atoms with Crippen molar-refractivity contribution >= 4 is 81.3 Å². The van der Waals surface area contributed by atoms with Crippen molar-refractivity contribution in [3.8, 4) is 33.4 Å². The molecule has 274 valence electrons. The van der Waals surface area contributed by atoms with Crippen molar-refractivity contribution in [1.29, 1.82) is 0 Å². The van der Waals surface area contributed by atoms with Crippen molar-refractivity contribution < 1.29 is 4.42 Å². The van der Waals surface area contributed by atoms with E-state index in [1.54, 1.807) is 0 Å². The summed E-state index contributed by atoms with van der Waals surface area (Å²) in [6, 6.07) is 68.9. The molecular formula is C55H37NOS. The molecule has 0 radical (unpaired) electrons. The fraction of sp³-hybridized carbons (Fsp3) is 0.0545. The van der Waals surface area contributed by atoms with Gasteiger partial charge in [-0.1, -0.05) is 153 Å². The molecule has 0 atom stereocenters. The van der Waals surface area contributed by atoms with Gasteiger partial charge in [0.15, 0.2) is 0 Å². The van der Waals surface area contributed by atoms with Crippen LogP contribution >= 0.6 is 11.3 Å². The zero-order valence-corrected chi connectivity index (χ0v) is 33.0. The molecule has 0 spiro atoms. The average Bonchev–Trinajstić information content (AvgIpc) is 3.91. The largest absolute Gasteiger partial charge is 0.455 e. The molecule has 1 aliphatic rings. The van der Waals surface area contributed by atoms with E-state index >= 15 is 0 Å². The average molecular weight is 760 g/mol. The summed E-state index contributed by atoms with van der Waals surface area (Å²) in [5.41, 5.74) is 15.0. The number of anilines is 3. The molecule has 0 bridgehead atoms. The molecule has 0 saturated carbocycles. The van der Waals surface area contributed by atoms with Gasteiger partial charge in [0.2, 0.25) is 0 Å². The first-order chi connectivity index (χ1) is 28.5. The SMILES string of the molecule is CC1(C)c2ccccc2-c2ccc(N(c3ccc(-c4cccc5c4sc4ccccc45)cc3)c3ccccc3-c3cccc4c3oc3cc5ccccc5cc34)cc21. The molecule has 2 aromatic heterocycles. The summed E-state index contributed by atoms with van der Waals surface area (Å²) in [7, 11) is 0. The maximum absolute atomic E-state index is 6.82. The van der Waals surface area contributed by atoms with Crippen LogP contribution in [0, 0.1) is 0 Å². The molecule has 0 saturated heterocycles. The van der Waals surface area contributed by atoms with Crippen LogP contribution in [0.15, 0.2) is 192 Å². The van der Waals surface area contributed by atoms with Gasteiger partial charge in [0.05, 0.1) is 5.69 Å². The first-order valence-electron chi connectivity index (χ1n) is 20.0. The minimum Gasteiger partial charge on any atom is -0.455 e. The third-order valence-electron chi connectivity index (χ3n) is 12.5. The van der Waals surface area contributed by atoms with Crippen molar-refractivity contribution in [2.24, 2.45) is 0 Å². The predicted octanol–water partition coefficient (Wildman–Crippen LogP) is 16.2. The van der Waals surface area contributed by atoms with E-state index in [2.05, 4.69) is 207 Å². The number of hydrogen-bond donors (Lipinski definition) is 0. The van der Waals surface area contributed by atoms with Crippen LogP contribution in [-0.4, -0.2) is 0 Å². The van der Waals surface area contributed by atoms with Crippen LogP contribution in [0.1, 0.15) is 25.0 Å². The second-order valence-corrected chi connectivity index (χ2v) is 17.1. The summed E-state index contributed by atoms with van der Waals surface area (Å²) in [6.07, 6.45) is 0. The first kappa shape index (κ1) is 33.2. The van der Waals surface area contributed by atoms with Crippen LogP contribution in [0.25, 0.3) is 86.3 Å². The summed E-state index contributed by atoms with van der Waals surface area (Å²) in [5, 5.41) is 7.27. The smallest absolute Gasteiger partial charge is 0.143 e. The van der Waals surface area contributed by atoms with Crippen molar-refractivity contribution in [3.63, 3.8) is 0 Å². The number of benzene rings is 9. The molecule has 9 aromatic carbocycles. The van der Waals surface area contributed by atoms with Gasteiger partial charge in [-0.25, -0.2) is 0 Å². The molecule has 1 aliphatic carbocycles. The van der Waals surface area contributed by atoms with E-state index in [1.165, 1.54) is 64.3 Å². The van der Waals surface area contributed by atoms with E-state index < -0.39 is 0 Å². The van der Waals surface area contributed by atoms with Gasteiger partial charge < -0.3 is 9.32 Å². The lowest BCUT2D eigenvalue weighted by Gasteiger charge is -2.30. The minimum atomic E-state index is -0.136. The molecule has 0 N–H and O–H groups in total. The molecule has 3 heteroatoms. The molecule has 12 rings (SSSR count). The Morgan fingerprint density at radius 3 is 1.95 bits per heavy atom. The second kappa shape index (κ2) is 12.5. The Morgan fingerprint density at radius 1 is 0.448 bits per heavy atom. The highest BCUT2D eigenvalue weighted by molar-refractivity contribution is 7.26. The highest BCUT2D eigenvalue weighted by Crippen LogP contribution is 2.52. The number of fused-ring (bicyclic) bond motifs is 10. The van der Waals surface area contributed by atoms with Crippen LogP contribution in [-0.2, 0) is 5.41 Å². The summed E-state index contributed by atoms with van der Waals surface area (Å²) >= 11 is 1.88. The lowest BCUT2D eigenvalue weighted by molar-refractivity contribution is 0.660. The monoisotopic (exact) mass is 759 g/mol. The van der Waals surface area contributed by atoms with Crippen LogP contribution in [0.5, 0.6) is 0 Å². The van der Waals surface area contributed by atoms with Crippen LogP contribution in [0.2, 0.25) is 0 Å². The van der Waals surface area contributed by atoms with E-state index in [0.717, 1.165) is 50.1 Å². The molecule has 0 aliphatic heterocycles. The van der Waals surface area contributed by atoms with Gasteiger partial charge in [0, 0.05) is 58.9 Å². The Morgan fingerprint density at radius 2 is 1.09 bits per heavy atom. The maximum Gasteiger partial charge on any atom is 0.143 e. The molecule has 0 unspecified atom stereocenters. The fourth-order valence-corrected chi connectivity index (χ4v) is 10.9. The van der Waals surface area contributed by atoms with E-state index in [9.17, 15) is 0 Å². The molecule has 2 heterocycles. The van der Waals surface area contributed by atoms with Crippen LogP contribution in [0.4, 0.5) is 17.1 Å². The van der Waals surface area contributed by atoms with Gasteiger partial charge in [0.25, 0.3) is 0 Å². The second-order valence-electron chi connectivity index (χ2n) is 16.1. The van der Waals surface area contributed by atoms with Crippen LogP contribution in [0.3, 0.4) is 0 Å². The third kappa shape index (κ3) is 4.90. The third-order valence-corrected chi connectivity index (χ3v) is 13.7. The van der Waals surface area contributed by atoms with Crippen molar-refractivity contribution in [2.75, 3.05) is 4.90 Å². The summed E-state index contributed by atoms with van der Waals surface area (Å²) in [5.74, 6) is 0. The molecule has 11 aromatic rings. The predicted molar refractivity (Wildman–Crippen MR) is 247 cm³/mol. The lowest BCUT2D eigenvalue weighted by Crippen LogP contribution is -2.16. The Labute approximate surface area is 340 Å². The summed E-state index contributed by atoms with van der Waals surface area (Å²) in [4.78, 5) is 2.44. The number of nitrogens with zero attached hydrogens (tertiary/aromatic N) is 1. The van der Waals surface area contributed by atoms with E-state index in [1.807, 2.05) is 11.3 Å². The van der Waals surface area contributed by atoms with Gasteiger partial charge in [-0.05, 0) is 92.7 Å². The summed E-state index contributed by atoms with van der Waals surface area (Å²) < 4.78 is 9.46. The van der Waals surface area contributed by atoms with Gasteiger partial charge >= 0.3 is 0 Å². The fourth-order valence-electron chi connectivity index (χ4n) is 9.61. The molecule has 0 fully saturated rings. The van der Waals surface area contributed by atoms with Gasteiger partial charge in [-0.3, -0.25) is 0 Å². The lowest BCUT2D eigenvalue weighted by atomic mass is 9.82. The molecule has 2 nitrogen and oxygen atoms in total. The topological polar surface area (TPSA) is 16.4 Å². The summed E-state index contributed by atoms with van der Waals surface area (Å²) in [6.45, 7) is 4.71. The molecule has 58 heavy (non-hydrogen) atoms. The number of furan rings is 1. The highest BCUT2D eigenvalue weighted by atomic mass is 32.1. The first-order valence-corrected chi connectivity index (χ1v) is 20.8. The molecule has 0 amide bonds. The van der Waals surface area contributed by atoms with Crippen molar-refractivity contribution in [2.45, 2.75) is 19.3 Å². The maximum atomic E-state index is 6.82. The van der Waals surface area contributed by atoms with Crippen molar-refractivity contribution in [3.05, 3.63) is 199 Å². The zero-order chi connectivity index (χ0) is 38.5. The number of hydrogen-bond acceptors (Lipinski definition) is 3. The minimum absolute atomic E-state index is 0.136. The Kier molecular flexibility index (Phi) is 7.18. The van der Waals surface area contributed by atoms with E-state index in [0.29, 0.717) is 0 Å². The Bertz CT molecular complexity index is 3440. The Hall–Kier alpha value is -6.94. The number of thiophene rings is 1. The van der Waals surface area contributed by atoms with E-state index in [-0.39, 0.29) is 5.41 Å². The zero-order valence-electron chi connectivity index (χ0n) is 32.2. The van der Waals surface area contributed by atoms with Crippen LogP contribution < -0.4 is 4.90 Å². The van der Waals surface area contributed by atoms with E-state index in [4.69, 9.17) is 4.42 Å². The standard InChI is InChI=1S/C55H37NOS/c1-55(2)48-22-8-5-15-40(48)41-30-29-38(33-49(41)55)56(37-27-25-34(26-28-37)39-18-11-21-46-43-17-7-10-24-52(43)58-54(39)46)50-23-9-6-16-42(50)44-19-12-20-45-47-31-35-13-3-4-14-36(35)32-51(47)57-53(44)45/h3-33H,1-2H3. The highest BCUT2D eigenvalue weighted by Gasteiger charge is 2.36. The van der Waals surface area contributed by atoms with Crippen molar-refractivity contribution in [1.82, 2.24) is 0 Å². The quantitative estimate of drug-likeness (QED) is 0.174. The Balaban J connectivity index is 1.05. The molecular weight excluding hydrogens is 723 g/mol.